The number of nitrogens with one attached hydrogen (secondary N) is 2. The molecule has 3 aromatic rings. The SMILES string of the molecule is CCC(Nc1nc(NCc2cccc(Cl)c2N)c2ncn(CC)c2n1)C(C)(C)O. The van der Waals surface area contributed by atoms with E-state index < -0.39 is 5.60 Å². The number of aryl methyl sites for hydroxylation is 1. The van der Waals surface area contributed by atoms with Gasteiger partial charge in [0.25, 0.3) is 0 Å². The fourth-order valence-corrected chi connectivity index (χ4v) is 3.41. The Hall–Kier alpha value is -2.58. The lowest BCUT2D eigenvalue weighted by Gasteiger charge is -2.29. The van der Waals surface area contributed by atoms with E-state index in [0.29, 0.717) is 34.5 Å². The van der Waals surface area contributed by atoms with Crippen LogP contribution in [0.25, 0.3) is 11.2 Å². The molecule has 1 atom stereocenters. The Bertz CT molecular complexity index is 996. The minimum atomic E-state index is -0.916. The Kier molecular flexibility index (Phi) is 6.14. The van der Waals surface area contributed by atoms with Crippen molar-refractivity contribution in [3.05, 3.63) is 35.1 Å². The van der Waals surface area contributed by atoms with Gasteiger partial charge in [-0.15, -0.1) is 0 Å². The molecule has 0 spiro atoms. The van der Waals surface area contributed by atoms with Crippen LogP contribution in [0, 0.1) is 0 Å². The van der Waals surface area contributed by atoms with Crippen LogP contribution in [-0.4, -0.2) is 36.3 Å². The number of aromatic nitrogens is 4. The smallest absolute Gasteiger partial charge is 0.227 e. The molecule has 1 unspecified atom stereocenters. The van der Waals surface area contributed by atoms with Gasteiger partial charge in [-0.25, -0.2) is 4.98 Å². The lowest BCUT2D eigenvalue weighted by Crippen LogP contribution is -2.41. The second-order valence-electron chi connectivity index (χ2n) is 7.52. The van der Waals surface area contributed by atoms with Crippen molar-refractivity contribution in [1.82, 2.24) is 19.5 Å². The lowest BCUT2D eigenvalue weighted by molar-refractivity contribution is 0.0577. The van der Waals surface area contributed by atoms with E-state index in [4.69, 9.17) is 17.3 Å². The Morgan fingerprint density at radius 1 is 1.28 bits per heavy atom. The van der Waals surface area contributed by atoms with Crippen molar-refractivity contribution in [2.45, 2.75) is 58.8 Å². The number of fused-ring (bicyclic) bond motifs is 1. The molecule has 0 saturated heterocycles. The average molecular weight is 418 g/mol. The minimum Gasteiger partial charge on any atom is -0.397 e. The number of anilines is 3. The van der Waals surface area contributed by atoms with Crippen molar-refractivity contribution in [3.63, 3.8) is 0 Å². The number of rotatable bonds is 8. The zero-order chi connectivity index (χ0) is 21.2. The number of benzene rings is 1. The van der Waals surface area contributed by atoms with Crippen molar-refractivity contribution in [2.24, 2.45) is 0 Å². The molecule has 0 aliphatic rings. The Morgan fingerprint density at radius 3 is 2.69 bits per heavy atom. The van der Waals surface area contributed by atoms with Gasteiger partial charge in [0, 0.05) is 13.1 Å². The Balaban J connectivity index is 1.96. The van der Waals surface area contributed by atoms with E-state index in [9.17, 15) is 5.11 Å². The zero-order valence-electron chi connectivity index (χ0n) is 17.2. The maximum absolute atomic E-state index is 10.4. The summed E-state index contributed by atoms with van der Waals surface area (Å²) in [6, 6.07) is 5.33. The molecule has 0 fully saturated rings. The average Bonchev–Trinajstić information content (AvgIpc) is 3.09. The predicted octanol–water partition coefficient (Wildman–Crippen LogP) is 3.66. The second kappa shape index (κ2) is 8.42. The highest BCUT2D eigenvalue weighted by Gasteiger charge is 2.26. The molecular formula is C20H28ClN7O. The monoisotopic (exact) mass is 417 g/mol. The summed E-state index contributed by atoms with van der Waals surface area (Å²) in [7, 11) is 0. The molecule has 0 saturated carbocycles. The standard InChI is InChI=1S/C20H28ClN7O/c1-5-14(20(3,4)29)25-19-26-17(16-18(27-19)28(6-2)11-24-16)23-10-12-8-7-9-13(21)15(12)22/h7-9,11,14,29H,5-6,10,22H2,1-4H3,(H2,23,25,26,27). The first-order chi connectivity index (χ1) is 13.7. The van der Waals surface area contributed by atoms with E-state index >= 15 is 0 Å². The largest absolute Gasteiger partial charge is 0.397 e. The summed E-state index contributed by atoms with van der Waals surface area (Å²) < 4.78 is 1.95. The molecule has 156 valence electrons. The first kappa shape index (κ1) is 21.1. The molecule has 2 aromatic heterocycles. The molecule has 3 rings (SSSR count). The summed E-state index contributed by atoms with van der Waals surface area (Å²) in [4.78, 5) is 13.7. The molecule has 5 N–H and O–H groups in total. The van der Waals surface area contributed by atoms with E-state index in [0.717, 1.165) is 24.2 Å². The number of aliphatic hydroxyl groups is 1. The normalized spacial score (nSPS) is 12.9. The van der Waals surface area contributed by atoms with Gasteiger partial charge in [0.2, 0.25) is 5.95 Å². The molecule has 0 radical (unpaired) electrons. The van der Waals surface area contributed by atoms with E-state index in [-0.39, 0.29) is 6.04 Å². The van der Waals surface area contributed by atoms with Crippen molar-refractivity contribution in [2.75, 3.05) is 16.4 Å². The molecule has 0 aliphatic carbocycles. The third-order valence-electron chi connectivity index (χ3n) is 4.96. The van der Waals surface area contributed by atoms with Crippen LogP contribution in [0.5, 0.6) is 0 Å². The maximum atomic E-state index is 10.4. The van der Waals surface area contributed by atoms with Crippen LogP contribution in [0.2, 0.25) is 5.02 Å². The highest BCUT2D eigenvalue weighted by Crippen LogP contribution is 2.26. The van der Waals surface area contributed by atoms with Gasteiger partial charge in [-0.3, -0.25) is 0 Å². The molecule has 2 heterocycles. The zero-order valence-corrected chi connectivity index (χ0v) is 18.0. The molecule has 29 heavy (non-hydrogen) atoms. The van der Waals surface area contributed by atoms with E-state index in [1.807, 2.05) is 30.5 Å². The van der Waals surface area contributed by atoms with Crippen LogP contribution in [0.15, 0.2) is 24.5 Å². The lowest BCUT2D eigenvalue weighted by atomic mass is 9.97. The molecule has 8 nitrogen and oxygen atoms in total. The molecule has 0 bridgehead atoms. The van der Waals surface area contributed by atoms with E-state index in [1.165, 1.54) is 0 Å². The van der Waals surface area contributed by atoms with Gasteiger partial charge in [-0.05, 0) is 38.8 Å². The van der Waals surface area contributed by atoms with Gasteiger partial charge in [-0.2, -0.15) is 9.97 Å². The van der Waals surface area contributed by atoms with Crippen molar-refractivity contribution >= 4 is 40.2 Å². The maximum Gasteiger partial charge on any atom is 0.227 e. The quantitative estimate of drug-likeness (QED) is 0.413. The van der Waals surface area contributed by atoms with Crippen LogP contribution < -0.4 is 16.4 Å². The Morgan fingerprint density at radius 2 is 2.03 bits per heavy atom. The van der Waals surface area contributed by atoms with Crippen molar-refractivity contribution in [1.29, 1.82) is 0 Å². The van der Waals surface area contributed by atoms with Gasteiger partial charge >= 0.3 is 0 Å². The number of imidazole rings is 1. The Labute approximate surface area is 175 Å². The molecular weight excluding hydrogens is 390 g/mol. The van der Waals surface area contributed by atoms with Crippen LogP contribution in [0.3, 0.4) is 0 Å². The van der Waals surface area contributed by atoms with Crippen molar-refractivity contribution in [3.8, 4) is 0 Å². The summed E-state index contributed by atoms with van der Waals surface area (Å²) >= 11 is 6.13. The first-order valence-electron chi connectivity index (χ1n) is 9.73. The highest BCUT2D eigenvalue weighted by atomic mass is 35.5. The summed E-state index contributed by atoms with van der Waals surface area (Å²) in [6.07, 6.45) is 2.47. The van der Waals surface area contributed by atoms with Gasteiger partial charge in [0.05, 0.1) is 28.7 Å². The summed E-state index contributed by atoms with van der Waals surface area (Å²) in [5.74, 6) is 1.03. The second-order valence-corrected chi connectivity index (χ2v) is 7.93. The third kappa shape index (κ3) is 4.54. The third-order valence-corrected chi connectivity index (χ3v) is 5.29. The van der Waals surface area contributed by atoms with Crippen molar-refractivity contribution < 1.29 is 5.11 Å². The van der Waals surface area contributed by atoms with Crippen LogP contribution in [0.4, 0.5) is 17.5 Å². The molecule has 0 amide bonds. The summed E-state index contributed by atoms with van der Waals surface area (Å²) in [5.41, 5.74) is 7.97. The summed E-state index contributed by atoms with van der Waals surface area (Å²) in [5, 5.41) is 17.5. The molecule has 0 aliphatic heterocycles. The van der Waals surface area contributed by atoms with Crippen LogP contribution >= 0.6 is 11.6 Å². The van der Waals surface area contributed by atoms with E-state index in [2.05, 4.69) is 25.6 Å². The number of halogens is 1. The number of nitrogens with two attached hydrogens (primary N) is 1. The predicted molar refractivity (Wildman–Crippen MR) is 118 cm³/mol. The topological polar surface area (TPSA) is 114 Å². The number of nitrogens with zero attached hydrogens (tertiary/aromatic N) is 4. The van der Waals surface area contributed by atoms with Gasteiger partial charge in [0.1, 0.15) is 0 Å². The van der Waals surface area contributed by atoms with Gasteiger partial charge in [0.15, 0.2) is 17.0 Å². The van der Waals surface area contributed by atoms with Gasteiger partial charge in [-0.1, -0.05) is 30.7 Å². The van der Waals surface area contributed by atoms with Crippen LogP contribution in [-0.2, 0) is 13.1 Å². The molecule has 9 heteroatoms. The minimum absolute atomic E-state index is 0.200. The van der Waals surface area contributed by atoms with Gasteiger partial charge < -0.3 is 26.0 Å². The number of hydrogen-bond acceptors (Lipinski definition) is 7. The number of para-hydroxylation sites is 1. The molecule has 1 aromatic carbocycles. The van der Waals surface area contributed by atoms with E-state index in [1.54, 1.807) is 26.2 Å². The summed E-state index contributed by atoms with van der Waals surface area (Å²) in [6.45, 7) is 8.75. The number of nitrogen functional groups attached to an aromatic ring is 1. The number of hydrogen-bond donors (Lipinski definition) is 4. The fraction of sp³-hybridized carbons (Fsp3) is 0.450. The highest BCUT2D eigenvalue weighted by molar-refractivity contribution is 6.33. The van der Waals surface area contributed by atoms with Crippen LogP contribution in [0.1, 0.15) is 39.7 Å². The fourth-order valence-electron chi connectivity index (χ4n) is 3.21. The first-order valence-corrected chi connectivity index (χ1v) is 10.1.